The van der Waals surface area contributed by atoms with E-state index < -0.39 is 11.4 Å². The molecule has 1 aromatic heterocycles. The molecule has 0 atom stereocenters. The second kappa shape index (κ2) is 5.98. The third-order valence-corrected chi connectivity index (χ3v) is 4.12. The fourth-order valence-corrected chi connectivity index (χ4v) is 2.96. The molecule has 0 amide bonds. The maximum Gasteiger partial charge on any atom is 0.166 e. The summed E-state index contributed by atoms with van der Waals surface area (Å²) in [6, 6.07) is 9.95. The molecule has 0 aliphatic carbocycles. The number of aryl methyl sites for hydroxylation is 1. The van der Waals surface area contributed by atoms with Crippen molar-refractivity contribution in [2.75, 3.05) is 5.73 Å². The lowest BCUT2D eigenvalue weighted by Crippen LogP contribution is -2.30. The predicted molar refractivity (Wildman–Crippen MR) is 94.9 cm³/mol. The van der Waals surface area contributed by atoms with E-state index in [1.54, 1.807) is 6.07 Å². The normalized spacial score (nSPS) is 11.9. The van der Waals surface area contributed by atoms with Crippen LogP contribution in [0.1, 0.15) is 26.6 Å². The van der Waals surface area contributed by atoms with E-state index in [-0.39, 0.29) is 5.75 Å². The smallest absolute Gasteiger partial charge is 0.166 e. The predicted octanol–water partition coefficient (Wildman–Crippen LogP) is 4.75. The summed E-state index contributed by atoms with van der Waals surface area (Å²) in [5, 5.41) is 0.328. The third kappa shape index (κ3) is 2.91. The van der Waals surface area contributed by atoms with Gasteiger partial charge in [0.15, 0.2) is 23.0 Å². The summed E-state index contributed by atoms with van der Waals surface area (Å²) in [7, 11) is 0. The summed E-state index contributed by atoms with van der Waals surface area (Å²) in [6.07, 6.45) is 0. The van der Waals surface area contributed by atoms with Crippen LogP contribution in [0, 0.1) is 5.82 Å². The Balaban J connectivity index is 2.07. The first-order valence-corrected chi connectivity index (χ1v) is 8.10. The van der Waals surface area contributed by atoms with Gasteiger partial charge in [-0.25, -0.2) is 9.37 Å². The Morgan fingerprint density at radius 3 is 2.67 bits per heavy atom. The number of nitrogen functional groups attached to an aromatic ring is 1. The molecule has 0 saturated heterocycles. The van der Waals surface area contributed by atoms with Gasteiger partial charge in [-0.15, -0.1) is 0 Å². The molecule has 24 heavy (non-hydrogen) atoms. The van der Waals surface area contributed by atoms with Gasteiger partial charge in [-0.1, -0.05) is 11.6 Å². The topological polar surface area (TPSA) is 53.1 Å². The van der Waals surface area contributed by atoms with Gasteiger partial charge in [-0.2, -0.15) is 0 Å². The Kier molecular flexibility index (Phi) is 4.13. The maximum atomic E-state index is 14.1. The van der Waals surface area contributed by atoms with Gasteiger partial charge in [0.2, 0.25) is 0 Å². The lowest BCUT2D eigenvalue weighted by atomic mass is 10.1. The SMILES string of the molecule is CCn1c(C(C)(C)Oc2ccc(Cl)cc2F)nc2cc(N)ccc21. The van der Waals surface area contributed by atoms with E-state index in [0.717, 1.165) is 11.0 Å². The van der Waals surface area contributed by atoms with Crippen molar-refractivity contribution in [2.45, 2.75) is 32.9 Å². The monoisotopic (exact) mass is 347 g/mol. The minimum atomic E-state index is -0.835. The van der Waals surface area contributed by atoms with Gasteiger partial charge in [0, 0.05) is 17.3 Å². The molecular formula is C18H19ClFN3O. The summed E-state index contributed by atoms with van der Waals surface area (Å²) >= 11 is 5.80. The molecule has 0 saturated carbocycles. The third-order valence-electron chi connectivity index (χ3n) is 3.89. The van der Waals surface area contributed by atoms with Crippen LogP contribution in [0.15, 0.2) is 36.4 Å². The highest BCUT2D eigenvalue weighted by atomic mass is 35.5. The summed E-state index contributed by atoms with van der Waals surface area (Å²) in [6.45, 7) is 6.46. The zero-order chi connectivity index (χ0) is 17.5. The van der Waals surface area contributed by atoms with Crippen molar-refractivity contribution in [3.8, 4) is 5.75 Å². The number of aromatic nitrogens is 2. The van der Waals surface area contributed by atoms with E-state index in [4.69, 9.17) is 22.1 Å². The van der Waals surface area contributed by atoms with Gasteiger partial charge in [0.25, 0.3) is 0 Å². The minimum absolute atomic E-state index is 0.138. The summed E-state index contributed by atoms with van der Waals surface area (Å²) < 4.78 is 22.1. The molecule has 3 rings (SSSR count). The molecule has 6 heteroatoms. The van der Waals surface area contributed by atoms with Crippen LogP contribution in [0.25, 0.3) is 11.0 Å². The lowest BCUT2D eigenvalue weighted by molar-refractivity contribution is 0.0894. The quantitative estimate of drug-likeness (QED) is 0.693. The molecule has 0 bridgehead atoms. The molecule has 126 valence electrons. The van der Waals surface area contributed by atoms with Crippen LogP contribution in [0.2, 0.25) is 5.02 Å². The van der Waals surface area contributed by atoms with Crippen LogP contribution in [0.3, 0.4) is 0 Å². The van der Waals surface area contributed by atoms with Crippen molar-refractivity contribution in [1.29, 1.82) is 0 Å². The Labute approximate surface area is 145 Å². The van der Waals surface area contributed by atoms with Gasteiger partial charge in [-0.05, 0) is 57.2 Å². The van der Waals surface area contributed by atoms with Crippen LogP contribution in [0.4, 0.5) is 10.1 Å². The van der Waals surface area contributed by atoms with Crippen LogP contribution < -0.4 is 10.5 Å². The first-order chi connectivity index (χ1) is 11.3. The summed E-state index contributed by atoms with van der Waals surface area (Å²) in [5.74, 6) is 0.345. The minimum Gasteiger partial charge on any atom is -0.477 e. The highest BCUT2D eigenvalue weighted by molar-refractivity contribution is 6.30. The van der Waals surface area contributed by atoms with Gasteiger partial charge in [0.05, 0.1) is 11.0 Å². The molecular weight excluding hydrogens is 329 g/mol. The zero-order valence-corrected chi connectivity index (χ0v) is 14.6. The molecule has 0 radical (unpaired) electrons. The number of fused-ring (bicyclic) bond motifs is 1. The van der Waals surface area contributed by atoms with Crippen molar-refractivity contribution in [2.24, 2.45) is 0 Å². The molecule has 0 spiro atoms. The molecule has 3 aromatic rings. The second-order valence-corrected chi connectivity index (χ2v) is 6.55. The maximum absolute atomic E-state index is 14.1. The number of benzene rings is 2. The molecule has 2 aromatic carbocycles. The van der Waals surface area contributed by atoms with Gasteiger partial charge in [0.1, 0.15) is 0 Å². The molecule has 4 nitrogen and oxygen atoms in total. The number of halogens is 2. The standard InChI is InChI=1S/C18H19ClFN3O/c1-4-23-15-7-6-12(21)10-14(15)22-17(23)18(2,3)24-16-8-5-11(19)9-13(16)20/h5-10H,4,21H2,1-3H3. The van der Waals surface area contributed by atoms with E-state index in [1.165, 1.54) is 12.1 Å². The first kappa shape index (κ1) is 16.6. The number of nitrogens with two attached hydrogens (primary N) is 1. The van der Waals surface area contributed by atoms with Crippen molar-refractivity contribution >= 4 is 28.3 Å². The van der Waals surface area contributed by atoms with Crippen LogP contribution >= 0.6 is 11.6 Å². The zero-order valence-electron chi connectivity index (χ0n) is 13.8. The fourth-order valence-electron chi connectivity index (χ4n) is 2.81. The van der Waals surface area contributed by atoms with Crippen LogP contribution in [0.5, 0.6) is 5.75 Å². The van der Waals surface area contributed by atoms with Crippen LogP contribution in [-0.4, -0.2) is 9.55 Å². The number of hydrogen-bond acceptors (Lipinski definition) is 3. The lowest BCUT2D eigenvalue weighted by Gasteiger charge is -2.27. The summed E-state index contributed by atoms with van der Waals surface area (Å²) in [4.78, 5) is 4.67. The number of nitrogens with zero attached hydrogens (tertiary/aromatic N) is 2. The van der Waals surface area contributed by atoms with Crippen molar-refractivity contribution < 1.29 is 9.13 Å². The molecule has 0 aliphatic rings. The molecule has 0 fully saturated rings. The average molecular weight is 348 g/mol. The molecule has 1 heterocycles. The Morgan fingerprint density at radius 2 is 2.00 bits per heavy atom. The Hall–Kier alpha value is -2.27. The number of rotatable bonds is 4. The van der Waals surface area contributed by atoms with Crippen molar-refractivity contribution in [1.82, 2.24) is 9.55 Å². The first-order valence-electron chi connectivity index (χ1n) is 7.72. The molecule has 0 aliphatic heterocycles. The number of hydrogen-bond donors (Lipinski definition) is 1. The second-order valence-electron chi connectivity index (χ2n) is 6.11. The number of imidazole rings is 1. The fraction of sp³-hybridized carbons (Fsp3) is 0.278. The Bertz CT molecular complexity index is 905. The highest BCUT2D eigenvalue weighted by Gasteiger charge is 2.30. The van der Waals surface area contributed by atoms with Crippen LogP contribution in [-0.2, 0) is 12.1 Å². The van der Waals surface area contributed by atoms with Crippen molar-refractivity contribution in [3.05, 3.63) is 53.1 Å². The van der Waals surface area contributed by atoms with E-state index in [1.807, 2.05) is 43.5 Å². The highest BCUT2D eigenvalue weighted by Crippen LogP contribution is 2.32. The van der Waals surface area contributed by atoms with Gasteiger partial charge in [-0.3, -0.25) is 0 Å². The van der Waals surface area contributed by atoms with Gasteiger partial charge < -0.3 is 15.0 Å². The Morgan fingerprint density at radius 1 is 1.25 bits per heavy atom. The molecule has 2 N–H and O–H groups in total. The van der Waals surface area contributed by atoms with E-state index in [0.29, 0.717) is 23.1 Å². The van der Waals surface area contributed by atoms with E-state index >= 15 is 0 Å². The summed E-state index contributed by atoms with van der Waals surface area (Å²) in [5.41, 5.74) is 7.42. The van der Waals surface area contributed by atoms with E-state index in [9.17, 15) is 4.39 Å². The van der Waals surface area contributed by atoms with E-state index in [2.05, 4.69) is 4.98 Å². The number of anilines is 1. The van der Waals surface area contributed by atoms with Gasteiger partial charge >= 0.3 is 0 Å². The average Bonchev–Trinajstić information content (AvgIpc) is 2.88. The number of ether oxygens (including phenoxy) is 1. The van der Waals surface area contributed by atoms with Crippen molar-refractivity contribution in [3.63, 3.8) is 0 Å². The molecule has 0 unspecified atom stereocenters. The largest absolute Gasteiger partial charge is 0.477 e.